The number of hydrogen-bond acceptors (Lipinski definition) is 13. The van der Waals surface area contributed by atoms with Crippen molar-refractivity contribution in [2.24, 2.45) is 0 Å². The van der Waals surface area contributed by atoms with Crippen LogP contribution in [0.25, 0.3) is 16.9 Å². The van der Waals surface area contributed by atoms with Gasteiger partial charge in [-0.25, -0.2) is 12.9 Å². The van der Waals surface area contributed by atoms with Gasteiger partial charge in [0, 0.05) is 74.6 Å². The van der Waals surface area contributed by atoms with Gasteiger partial charge in [0.1, 0.15) is 6.04 Å². The fraction of sp³-hybridized carbons (Fsp3) is 0.356. The number of fused-ring (bicyclic) bond motifs is 2. The lowest BCUT2D eigenvalue weighted by molar-refractivity contribution is -0.136. The van der Waals surface area contributed by atoms with Gasteiger partial charge in [-0.15, -0.1) is 5.10 Å². The number of amides is 5. The van der Waals surface area contributed by atoms with Crippen molar-refractivity contribution in [3.63, 3.8) is 0 Å². The Bertz CT molecular complexity index is 2640. The van der Waals surface area contributed by atoms with Gasteiger partial charge in [-0.2, -0.15) is 4.98 Å². The summed E-state index contributed by atoms with van der Waals surface area (Å²) < 4.78 is 25.5. The molecule has 0 spiro atoms. The highest BCUT2D eigenvalue weighted by Crippen LogP contribution is 2.33. The highest BCUT2D eigenvalue weighted by Gasteiger charge is 2.45. The second-order valence-corrected chi connectivity index (χ2v) is 18.1. The van der Waals surface area contributed by atoms with Crippen molar-refractivity contribution >= 4 is 68.0 Å². The summed E-state index contributed by atoms with van der Waals surface area (Å²) >= 11 is 0. The van der Waals surface area contributed by atoms with Crippen LogP contribution in [0.15, 0.2) is 89.8 Å². The van der Waals surface area contributed by atoms with Gasteiger partial charge in [0.15, 0.2) is 15.5 Å². The molecule has 18 heteroatoms. The van der Waals surface area contributed by atoms with Crippen LogP contribution >= 0.6 is 0 Å². The van der Waals surface area contributed by atoms with Crippen molar-refractivity contribution in [2.75, 3.05) is 67.6 Å². The van der Waals surface area contributed by atoms with Gasteiger partial charge in [0.25, 0.3) is 11.8 Å². The smallest absolute Gasteiger partial charge is 0.264 e. The molecule has 3 aliphatic rings. The van der Waals surface area contributed by atoms with Gasteiger partial charge >= 0.3 is 0 Å². The van der Waals surface area contributed by atoms with E-state index in [-0.39, 0.29) is 34.8 Å². The maximum atomic E-state index is 13.3. The van der Waals surface area contributed by atoms with Crippen LogP contribution < -0.4 is 26.2 Å². The molecule has 5 amide bonds. The Hall–Kier alpha value is -6.66. The third kappa shape index (κ3) is 9.86. The molecule has 5 heterocycles. The monoisotopic (exact) mass is 874 g/mol. The number of piperidine rings is 1. The lowest BCUT2D eigenvalue weighted by atomic mass is 10.0. The summed E-state index contributed by atoms with van der Waals surface area (Å²) in [7, 11) is -3.30. The van der Waals surface area contributed by atoms with Crippen molar-refractivity contribution < 1.29 is 32.4 Å². The van der Waals surface area contributed by atoms with Gasteiger partial charge in [0.05, 0.1) is 28.3 Å². The second-order valence-electron chi connectivity index (χ2n) is 16.1. The normalized spacial score (nSPS) is 16.9. The summed E-state index contributed by atoms with van der Waals surface area (Å²) in [4.78, 5) is 73.4. The summed E-state index contributed by atoms with van der Waals surface area (Å²) in [5, 5.41) is 16.5. The average molecular weight is 875 g/mol. The predicted octanol–water partition coefficient (Wildman–Crippen LogP) is 4.25. The van der Waals surface area contributed by atoms with E-state index in [0.717, 1.165) is 85.8 Å². The standard InChI is InChI=1S/C45H50N10O7S/c1-63(61,62)33-19-13-30(14-20-33)36-11-8-12-38-49-45(51-55(36)38)48-31-15-17-32(18-16-31)53-27-25-52(26-28-53)29-40(57)47-24-6-4-2-3-5-23-46-35-10-7-9-34-41(35)44(60)54(43(34)59)37-21-22-39(56)50-42(37)58/h7-20,37,46H,2-6,21-29H2,1H3,(H,47,57)(H,48,51)(H,50,56,58). The third-order valence-electron chi connectivity index (χ3n) is 11.6. The van der Waals surface area contributed by atoms with Crippen LogP contribution in [0, 0.1) is 0 Å². The molecule has 2 saturated heterocycles. The first-order valence-electron chi connectivity index (χ1n) is 21.3. The highest BCUT2D eigenvalue weighted by molar-refractivity contribution is 7.90. The maximum absolute atomic E-state index is 13.3. The second kappa shape index (κ2) is 18.8. The van der Waals surface area contributed by atoms with Gasteiger partial charge in [0.2, 0.25) is 23.7 Å². The first-order valence-corrected chi connectivity index (χ1v) is 23.2. The van der Waals surface area contributed by atoms with Crippen LogP contribution in [0.2, 0.25) is 0 Å². The van der Waals surface area contributed by atoms with Crippen LogP contribution in [0.5, 0.6) is 0 Å². The zero-order valence-corrected chi connectivity index (χ0v) is 35.8. The molecule has 63 heavy (non-hydrogen) atoms. The molecule has 0 bridgehead atoms. The SMILES string of the molecule is CS(=O)(=O)c1ccc(-c2cccc3nc(Nc4ccc(N5CCN(CC(=O)NCCCCCCCNc6cccc7c6C(=O)N(C6CCC(=O)NC6=O)C7=O)CC5)cc4)nn23)cc1. The number of benzene rings is 3. The zero-order valence-electron chi connectivity index (χ0n) is 35.0. The van der Waals surface area contributed by atoms with Gasteiger partial charge < -0.3 is 20.9 Å². The fourth-order valence-corrected chi connectivity index (χ4v) is 8.88. The molecular formula is C45H50N10O7S. The van der Waals surface area contributed by atoms with Crippen LogP contribution in [0.3, 0.4) is 0 Å². The molecule has 0 saturated carbocycles. The number of carbonyl (C=O) groups is 5. The molecule has 3 aromatic carbocycles. The van der Waals surface area contributed by atoms with E-state index >= 15 is 0 Å². The number of hydrogen-bond donors (Lipinski definition) is 4. The number of nitrogens with one attached hydrogen (secondary N) is 4. The lowest BCUT2D eigenvalue weighted by Gasteiger charge is -2.35. The molecule has 328 valence electrons. The minimum atomic E-state index is -3.30. The van der Waals surface area contributed by atoms with Gasteiger partial charge in [-0.05, 0) is 79.9 Å². The number of sulfone groups is 1. The fourth-order valence-electron chi connectivity index (χ4n) is 8.25. The van der Waals surface area contributed by atoms with Crippen LogP contribution in [-0.4, -0.2) is 120 Å². The minimum Gasteiger partial charge on any atom is -0.384 e. The van der Waals surface area contributed by atoms with Crippen molar-refractivity contribution in [3.05, 3.63) is 96.1 Å². The maximum Gasteiger partial charge on any atom is 0.264 e. The molecule has 5 aromatic rings. The number of imide groups is 2. The highest BCUT2D eigenvalue weighted by atomic mass is 32.2. The predicted molar refractivity (Wildman–Crippen MR) is 238 cm³/mol. The molecule has 8 rings (SSSR count). The van der Waals surface area contributed by atoms with E-state index in [1.165, 1.54) is 6.26 Å². The molecule has 2 aromatic heterocycles. The first-order chi connectivity index (χ1) is 30.4. The Labute approximate surface area is 365 Å². The van der Waals surface area contributed by atoms with Crippen LogP contribution in [-0.2, 0) is 24.2 Å². The third-order valence-corrected chi connectivity index (χ3v) is 12.8. The van der Waals surface area contributed by atoms with E-state index in [1.54, 1.807) is 47.0 Å². The summed E-state index contributed by atoms with van der Waals surface area (Å²) in [6.07, 6.45) is 6.05. The topological polar surface area (TPSA) is 208 Å². The Kier molecular flexibility index (Phi) is 12.8. The number of nitrogens with zero attached hydrogens (tertiary/aromatic N) is 6. The Morgan fingerprint density at radius 3 is 2.25 bits per heavy atom. The van der Waals surface area contributed by atoms with Crippen molar-refractivity contribution in [2.45, 2.75) is 55.9 Å². The molecular weight excluding hydrogens is 825 g/mol. The van der Waals surface area contributed by atoms with E-state index in [2.05, 4.69) is 53.3 Å². The Balaban J connectivity index is 0.704. The van der Waals surface area contributed by atoms with E-state index in [9.17, 15) is 32.4 Å². The number of pyridine rings is 1. The average Bonchev–Trinajstić information content (AvgIpc) is 3.80. The number of piperazine rings is 1. The summed E-state index contributed by atoms with van der Waals surface area (Å²) in [5.41, 5.74) is 5.28. The lowest BCUT2D eigenvalue weighted by Crippen LogP contribution is -2.54. The van der Waals surface area contributed by atoms with Crippen molar-refractivity contribution in [1.82, 2.24) is 35.0 Å². The molecule has 17 nitrogen and oxygen atoms in total. The number of aromatic nitrogens is 3. The van der Waals surface area contributed by atoms with E-state index in [1.807, 2.05) is 30.3 Å². The van der Waals surface area contributed by atoms with E-state index in [4.69, 9.17) is 0 Å². The number of anilines is 4. The van der Waals surface area contributed by atoms with E-state index < -0.39 is 39.5 Å². The largest absolute Gasteiger partial charge is 0.384 e. The molecule has 0 radical (unpaired) electrons. The minimum absolute atomic E-state index is 0.0280. The Morgan fingerprint density at radius 1 is 0.810 bits per heavy atom. The summed E-state index contributed by atoms with van der Waals surface area (Å²) in [6.45, 7) is 4.77. The summed E-state index contributed by atoms with van der Waals surface area (Å²) in [5.74, 6) is -1.61. The molecule has 0 aliphatic carbocycles. The molecule has 3 aliphatic heterocycles. The van der Waals surface area contributed by atoms with E-state index in [0.29, 0.717) is 36.9 Å². The molecule has 2 fully saturated rings. The van der Waals surface area contributed by atoms with Crippen molar-refractivity contribution in [1.29, 1.82) is 0 Å². The zero-order chi connectivity index (χ0) is 44.1. The number of rotatable bonds is 17. The van der Waals surface area contributed by atoms with Crippen LogP contribution in [0.4, 0.5) is 23.0 Å². The first kappa shape index (κ1) is 43.0. The molecule has 1 unspecified atom stereocenters. The van der Waals surface area contributed by atoms with Crippen molar-refractivity contribution in [3.8, 4) is 11.3 Å². The van der Waals surface area contributed by atoms with Gasteiger partial charge in [-0.1, -0.05) is 43.5 Å². The Morgan fingerprint density at radius 2 is 1.52 bits per heavy atom. The number of unbranched alkanes of at least 4 members (excludes halogenated alkanes) is 4. The molecule has 4 N–H and O–H groups in total. The quantitative estimate of drug-likeness (QED) is 0.0763. The van der Waals surface area contributed by atoms with Gasteiger partial charge in [-0.3, -0.25) is 39.1 Å². The molecule has 1 atom stereocenters. The summed E-state index contributed by atoms with van der Waals surface area (Å²) in [6, 6.07) is 24.5. The number of carbonyl (C=O) groups excluding carboxylic acids is 5. The van der Waals surface area contributed by atoms with Crippen LogP contribution in [0.1, 0.15) is 65.7 Å².